The summed E-state index contributed by atoms with van der Waals surface area (Å²) in [5.41, 5.74) is 4.25. The molecule has 1 unspecified atom stereocenters. The highest BCUT2D eigenvalue weighted by molar-refractivity contribution is 9.10. The van der Waals surface area contributed by atoms with Crippen molar-refractivity contribution in [1.29, 1.82) is 0 Å². The van der Waals surface area contributed by atoms with Crippen LogP contribution < -0.4 is 0 Å². The van der Waals surface area contributed by atoms with Crippen molar-refractivity contribution < 1.29 is 5.11 Å². The van der Waals surface area contributed by atoms with Gasteiger partial charge in [-0.25, -0.2) is 0 Å². The maximum atomic E-state index is 10.8. The normalized spacial score (nSPS) is 12.6. The van der Waals surface area contributed by atoms with Crippen LogP contribution in [-0.4, -0.2) is 5.11 Å². The van der Waals surface area contributed by atoms with Crippen molar-refractivity contribution in [3.63, 3.8) is 0 Å². The second-order valence-corrected chi connectivity index (χ2v) is 6.28. The minimum Gasteiger partial charge on any atom is -0.384 e. The minimum absolute atomic E-state index is 0.618. The molecule has 3 aromatic carbocycles. The average Bonchev–Trinajstić information content (AvgIpc) is 2.50. The van der Waals surface area contributed by atoms with Crippen LogP contribution in [0.3, 0.4) is 0 Å². The third-order valence-electron chi connectivity index (χ3n) is 3.98. The molecule has 1 N–H and O–H groups in total. The summed E-state index contributed by atoms with van der Waals surface area (Å²) >= 11 is 3.54. The Hall–Kier alpha value is -1.64. The summed E-state index contributed by atoms with van der Waals surface area (Å²) in [6.07, 6.45) is -0.618. The number of hydrogen-bond acceptors (Lipinski definition) is 1. The number of halogens is 1. The first kappa shape index (κ1) is 14.3. The van der Waals surface area contributed by atoms with Gasteiger partial charge < -0.3 is 5.11 Å². The molecule has 0 saturated carbocycles. The van der Waals surface area contributed by atoms with E-state index in [1.165, 1.54) is 16.5 Å². The number of hydrogen-bond donors (Lipinski definition) is 1. The van der Waals surface area contributed by atoms with Crippen LogP contribution in [0.4, 0.5) is 0 Å². The van der Waals surface area contributed by atoms with Crippen LogP contribution >= 0.6 is 15.9 Å². The van der Waals surface area contributed by atoms with Crippen LogP contribution in [0.1, 0.15) is 28.4 Å². The van der Waals surface area contributed by atoms with E-state index in [-0.39, 0.29) is 0 Å². The molecule has 0 aromatic heterocycles. The quantitative estimate of drug-likeness (QED) is 0.670. The largest absolute Gasteiger partial charge is 0.384 e. The molecule has 0 saturated heterocycles. The topological polar surface area (TPSA) is 20.2 Å². The summed E-state index contributed by atoms with van der Waals surface area (Å²) in [6, 6.07) is 18.3. The number of aliphatic hydroxyl groups excluding tert-OH is 1. The fraction of sp³-hybridized carbons (Fsp3) is 0.158. The first-order chi connectivity index (χ1) is 10.1. The minimum atomic E-state index is -0.618. The Labute approximate surface area is 133 Å². The second kappa shape index (κ2) is 5.63. The first-order valence-electron chi connectivity index (χ1n) is 7.00. The summed E-state index contributed by atoms with van der Waals surface area (Å²) in [4.78, 5) is 0. The molecule has 0 aliphatic carbocycles. The van der Waals surface area contributed by atoms with Crippen LogP contribution in [0.5, 0.6) is 0 Å². The van der Waals surface area contributed by atoms with E-state index in [1.54, 1.807) is 0 Å². The van der Waals surface area contributed by atoms with E-state index in [9.17, 15) is 5.11 Å². The Bertz CT molecular complexity index is 808. The predicted molar refractivity (Wildman–Crippen MR) is 91.6 cm³/mol. The van der Waals surface area contributed by atoms with Gasteiger partial charge in [-0.3, -0.25) is 0 Å². The van der Waals surface area contributed by atoms with Gasteiger partial charge in [0.1, 0.15) is 6.10 Å². The molecule has 0 radical (unpaired) electrons. The van der Waals surface area contributed by atoms with Gasteiger partial charge in [-0.15, -0.1) is 0 Å². The molecular weight excluding hydrogens is 324 g/mol. The number of rotatable bonds is 2. The Balaban J connectivity index is 2.15. The van der Waals surface area contributed by atoms with Crippen LogP contribution in [0.15, 0.2) is 59.1 Å². The van der Waals surface area contributed by atoms with Crippen molar-refractivity contribution in [3.8, 4) is 0 Å². The monoisotopic (exact) mass is 340 g/mol. The number of fused-ring (bicyclic) bond motifs is 1. The zero-order valence-corrected chi connectivity index (χ0v) is 13.7. The molecule has 0 aliphatic heterocycles. The van der Waals surface area contributed by atoms with Crippen molar-refractivity contribution >= 4 is 26.7 Å². The van der Waals surface area contributed by atoms with Gasteiger partial charge in [-0.2, -0.15) is 0 Å². The lowest BCUT2D eigenvalue weighted by Gasteiger charge is -2.16. The van der Waals surface area contributed by atoms with E-state index in [1.807, 2.05) is 43.3 Å². The molecule has 1 atom stereocenters. The van der Waals surface area contributed by atoms with E-state index in [0.29, 0.717) is 0 Å². The Morgan fingerprint density at radius 2 is 1.52 bits per heavy atom. The molecule has 0 spiro atoms. The maximum Gasteiger partial charge on any atom is 0.105 e. The van der Waals surface area contributed by atoms with Gasteiger partial charge in [0.2, 0.25) is 0 Å². The summed E-state index contributed by atoms with van der Waals surface area (Å²) < 4.78 is 1.02. The molecule has 0 aliphatic rings. The average molecular weight is 341 g/mol. The molecule has 2 heteroatoms. The number of aliphatic hydroxyl groups is 1. The summed E-state index contributed by atoms with van der Waals surface area (Å²) in [6.45, 7) is 4.14. The molecule has 0 amide bonds. The maximum absolute atomic E-state index is 10.8. The molecule has 0 bridgehead atoms. The zero-order valence-electron chi connectivity index (χ0n) is 12.1. The van der Waals surface area contributed by atoms with Crippen molar-refractivity contribution in [1.82, 2.24) is 0 Å². The SMILES string of the molecule is Cc1ccc(C(O)c2ccc(C)c3ccccc23)cc1Br. The van der Waals surface area contributed by atoms with Gasteiger partial charge in [-0.1, -0.05) is 64.5 Å². The lowest BCUT2D eigenvalue weighted by molar-refractivity contribution is 0.222. The molecule has 1 nitrogen and oxygen atoms in total. The van der Waals surface area contributed by atoms with Gasteiger partial charge in [0.15, 0.2) is 0 Å². The number of benzene rings is 3. The number of aryl methyl sites for hydroxylation is 2. The van der Waals surface area contributed by atoms with Crippen LogP contribution in [-0.2, 0) is 0 Å². The van der Waals surface area contributed by atoms with Gasteiger partial charge in [0, 0.05) is 4.47 Å². The van der Waals surface area contributed by atoms with E-state index < -0.39 is 6.10 Å². The summed E-state index contributed by atoms with van der Waals surface area (Å²) in [7, 11) is 0. The van der Waals surface area contributed by atoms with E-state index in [4.69, 9.17) is 0 Å². The van der Waals surface area contributed by atoms with Crippen LogP contribution in [0.25, 0.3) is 10.8 Å². The molecule has 0 fully saturated rings. The molecule has 3 aromatic rings. The lowest BCUT2D eigenvalue weighted by Crippen LogP contribution is -2.01. The zero-order chi connectivity index (χ0) is 15.0. The summed E-state index contributed by atoms with van der Waals surface area (Å²) in [5, 5.41) is 13.1. The molecule has 3 rings (SSSR count). The van der Waals surface area contributed by atoms with E-state index in [2.05, 4.69) is 41.1 Å². The summed E-state index contributed by atoms with van der Waals surface area (Å²) in [5.74, 6) is 0. The van der Waals surface area contributed by atoms with Crippen LogP contribution in [0.2, 0.25) is 0 Å². The predicted octanol–water partition coefficient (Wildman–Crippen LogP) is 5.30. The fourth-order valence-corrected chi connectivity index (χ4v) is 3.07. The first-order valence-corrected chi connectivity index (χ1v) is 7.79. The Morgan fingerprint density at radius 1 is 0.857 bits per heavy atom. The van der Waals surface area contributed by atoms with Crippen molar-refractivity contribution in [2.75, 3.05) is 0 Å². The molecular formula is C19H17BrO. The second-order valence-electron chi connectivity index (χ2n) is 5.43. The lowest BCUT2D eigenvalue weighted by atomic mass is 9.93. The smallest absolute Gasteiger partial charge is 0.105 e. The Kier molecular flexibility index (Phi) is 3.83. The van der Waals surface area contributed by atoms with Crippen LogP contribution in [0, 0.1) is 13.8 Å². The highest BCUT2D eigenvalue weighted by Gasteiger charge is 2.15. The van der Waals surface area contributed by atoms with Crippen molar-refractivity contribution in [2.45, 2.75) is 20.0 Å². The van der Waals surface area contributed by atoms with Gasteiger partial charge in [-0.05, 0) is 52.9 Å². The standard InChI is InChI=1S/C19H17BrO/c1-12-8-10-17(16-6-4-3-5-15(12)16)19(21)14-9-7-13(2)18(20)11-14/h3-11,19,21H,1-2H3. The highest BCUT2D eigenvalue weighted by Crippen LogP contribution is 2.32. The van der Waals surface area contributed by atoms with Crippen molar-refractivity contribution in [2.24, 2.45) is 0 Å². The molecule has 21 heavy (non-hydrogen) atoms. The van der Waals surface area contributed by atoms with E-state index >= 15 is 0 Å². The van der Waals surface area contributed by atoms with Gasteiger partial charge in [0.05, 0.1) is 0 Å². The van der Waals surface area contributed by atoms with Crippen molar-refractivity contribution in [3.05, 3.63) is 81.3 Å². The fourth-order valence-electron chi connectivity index (χ4n) is 2.67. The van der Waals surface area contributed by atoms with E-state index in [0.717, 1.165) is 21.0 Å². The third kappa shape index (κ3) is 2.61. The Morgan fingerprint density at radius 3 is 2.24 bits per heavy atom. The highest BCUT2D eigenvalue weighted by atomic mass is 79.9. The molecule has 0 heterocycles. The third-order valence-corrected chi connectivity index (χ3v) is 4.84. The van der Waals surface area contributed by atoms with Gasteiger partial charge >= 0.3 is 0 Å². The van der Waals surface area contributed by atoms with Gasteiger partial charge in [0.25, 0.3) is 0 Å². The molecule has 106 valence electrons.